The van der Waals surface area contributed by atoms with Gasteiger partial charge in [-0.2, -0.15) is 5.10 Å². The van der Waals surface area contributed by atoms with Crippen LogP contribution in [0.2, 0.25) is 0 Å². The molecule has 0 N–H and O–H groups in total. The molecule has 0 aliphatic rings. The van der Waals surface area contributed by atoms with Crippen LogP contribution in [0.15, 0.2) is 17.3 Å². The Morgan fingerprint density at radius 2 is 2.05 bits per heavy atom. The number of sulfone groups is 1. The van der Waals surface area contributed by atoms with E-state index in [0.29, 0.717) is 17.6 Å². The fourth-order valence-corrected chi connectivity index (χ4v) is 2.53. The Bertz CT molecular complexity index is 745. The molecule has 0 aliphatic heterocycles. The fraction of sp³-hybridized carbons (Fsp3) is 0.545. The Hall–Kier alpha value is -1.70. The van der Waals surface area contributed by atoms with Gasteiger partial charge in [-0.25, -0.2) is 18.1 Å². The van der Waals surface area contributed by atoms with E-state index >= 15 is 0 Å². The summed E-state index contributed by atoms with van der Waals surface area (Å²) in [5.41, 5.74) is 0.276. The Balaban J connectivity index is 2.36. The number of aromatic nitrogens is 4. The topological polar surface area (TPSA) is 86.9 Å². The van der Waals surface area contributed by atoms with Crippen LogP contribution in [0.5, 0.6) is 0 Å². The van der Waals surface area contributed by atoms with Crippen LogP contribution >= 0.6 is 0 Å². The van der Waals surface area contributed by atoms with Gasteiger partial charge in [0.2, 0.25) is 0 Å². The number of aryl methyl sites for hydroxylation is 2. The first kappa shape index (κ1) is 13.7. The molecule has 0 fully saturated rings. The number of rotatable bonds is 5. The predicted octanol–water partition coefficient (Wildman–Crippen LogP) is 0.0476. The lowest BCUT2D eigenvalue weighted by Gasteiger charge is -2.05. The smallest absolute Gasteiger partial charge is 0.264 e. The molecule has 8 heteroatoms. The molecule has 2 rings (SSSR count). The molecule has 104 valence electrons. The first-order chi connectivity index (χ1) is 8.98. The summed E-state index contributed by atoms with van der Waals surface area (Å²) >= 11 is 0. The average Bonchev–Trinajstić information content (AvgIpc) is 2.82. The minimum absolute atomic E-state index is 0.0570. The highest BCUT2D eigenvalue weighted by Gasteiger charge is 2.12. The maximum atomic E-state index is 12.1. The lowest BCUT2D eigenvalue weighted by molar-refractivity contribution is 0.587. The third-order valence-electron chi connectivity index (χ3n) is 3.00. The second-order valence-electron chi connectivity index (χ2n) is 4.18. The number of hydrogen-bond donors (Lipinski definition) is 0. The van der Waals surface area contributed by atoms with Crippen molar-refractivity contribution in [2.45, 2.75) is 26.9 Å². The second kappa shape index (κ2) is 5.12. The first-order valence-corrected chi connectivity index (χ1v) is 7.92. The van der Waals surface area contributed by atoms with Gasteiger partial charge >= 0.3 is 0 Å². The quantitative estimate of drug-likeness (QED) is 0.774. The van der Waals surface area contributed by atoms with Gasteiger partial charge in [0.25, 0.3) is 5.56 Å². The average molecular weight is 284 g/mol. The third kappa shape index (κ3) is 2.67. The Labute approximate surface area is 110 Å². The molecular weight excluding hydrogens is 268 g/mol. The van der Waals surface area contributed by atoms with Crippen LogP contribution in [0.4, 0.5) is 0 Å². The van der Waals surface area contributed by atoms with E-state index in [1.165, 1.54) is 17.1 Å². The largest absolute Gasteiger partial charge is 0.298 e. The molecule has 0 bridgehead atoms. The summed E-state index contributed by atoms with van der Waals surface area (Å²) in [6, 6.07) is 0. The van der Waals surface area contributed by atoms with Gasteiger partial charge in [-0.3, -0.25) is 9.36 Å². The van der Waals surface area contributed by atoms with Crippen LogP contribution in [0, 0.1) is 0 Å². The van der Waals surface area contributed by atoms with Gasteiger partial charge in [-0.1, -0.05) is 6.92 Å². The highest BCUT2D eigenvalue weighted by Crippen LogP contribution is 2.05. The highest BCUT2D eigenvalue weighted by atomic mass is 32.2. The summed E-state index contributed by atoms with van der Waals surface area (Å²) in [4.78, 5) is 16.3. The van der Waals surface area contributed by atoms with Crippen molar-refractivity contribution in [3.63, 3.8) is 0 Å². The van der Waals surface area contributed by atoms with Gasteiger partial charge in [0.1, 0.15) is 5.39 Å². The molecule has 0 saturated carbocycles. The third-order valence-corrected chi connectivity index (χ3v) is 4.69. The summed E-state index contributed by atoms with van der Waals surface area (Å²) < 4.78 is 25.8. The molecule has 0 atom stereocenters. The van der Waals surface area contributed by atoms with Crippen molar-refractivity contribution >= 4 is 20.9 Å². The lowest BCUT2D eigenvalue weighted by Crippen LogP contribution is -2.25. The molecule has 19 heavy (non-hydrogen) atoms. The van der Waals surface area contributed by atoms with Crippen LogP contribution in [-0.2, 0) is 22.9 Å². The number of hydrogen-bond acceptors (Lipinski definition) is 5. The summed E-state index contributed by atoms with van der Waals surface area (Å²) in [5, 5.41) is 4.48. The van der Waals surface area contributed by atoms with Crippen molar-refractivity contribution in [3.05, 3.63) is 22.9 Å². The van der Waals surface area contributed by atoms with Crippen LogP contribution in [0.3, 0.4) is 0 Å². The molecule has 2 heterocycles. The molecular formula is C11H16N4O3S. The van der Waals surface area contributed by atoms with Gasteiger partial charge in [-0.15, -0.1) is 0 Å². The van der Waals surface area contributed by atoms with Crippen molar-refractivity contribution in [2.75, 3.05) is 11.5 Å². The molecule has 0 spiro atoms. The van der Waals surface area contributed by atoms with E-state index < -0.39 is 9.84 Å². The lowest BCUT2D eigenvalue weighted by atomic mass is 10.4. The Morgan fingerprint density at radius 1 is 1.32 bits per heavy atom. The fourth-order valence-electron chi connectivity index (χ4n) is 1.77. The maximum absolute atomic E-state index is 12.1. The molecule has 2 aromatic heterocycles. The standard InChI is InChI=1S/C11H16N4O3S/c1-3-15-10-9(7-13-15)11(16)14(8-12-10)5-6-19(17,18)4-2/h7-8H,3-6H2,1-2H3. The van der Waals surface area contributed by atoms with Crippen molar-refractivity contribution in [2.24, 2.45) is 0 Å². The minimum atomic E-state index is -3.10. The minimum Gasteiger partial charge on any atom is -0.298 e. The summed E-state index contributed by atoms with van der Waals surface area (Å²) in [6.45, 7) is 4.25. The second-order valence-corrected chi connectivity index (χ2v) is 6.65. The van der Waals surface area contributed by atoms with E-state index in [1.54, 1.807) is 11.6 Å². The van der Waals surface area contributed by atoms with Gasteiger partial charge in [0.15, 0.2) is 15.5 Å². The van der Waals surface area contributed by atoms with Crippen molar-refractivity contribution in [1.82, 2.24) is 19.3 Å². The molecule has 0 saturated heterocycles. The van der Waals surface area contributed by atoms with Crippen LogP contribution in [0.1, 0.15) is 13.8 Å². The molecule has 0 aromatic carbocycles. The zero-order valence-electron chi connectivity index (χ0n) is 10.9. The van der Waals surface area contributed by atoms with Crippen LogP contribution < -0.4 is 5.56 Å². The normalized spacial score (nSPS) is 12.1. The van der Waals surface area contributed by atoms with Gasteiger partial charge in [0.05, 0.1) is 18.3 Å². The van der Waals surface area contributed by atoms with Crippen LogP contribution in [0.25, 0.3) is 11.0 Å². The van der Waals surface area contributed by atoms with Gasteiger partial charge in [0, 0.05) is 18.8 Å². The molecule has 0 aliphatic carbocycles. The number of nitrogens with zero attached hydrogens (tertiary/aromatic N) is 4. The summed E-state index contributed by atoms with van der Waals surface area (Å²) in [5.74, 6) is 0.0176. The maximum Gasteiger partial charge on any atom is 0.264 e. The van der Waals surface area contributed by atoms with Gasteiger partial charge in [-0.05, 0) is 6.92 Å². The highest BCUT2D eigenvalue weighted by molar-refractivity contribution is 7.91. The monoisotopic (exact) mass is 284 g/mol. The van der Waals surface area contributed by atoms with Crippen molar-refractivity contribution in [1.29, 1.82) is 0 Å². The van der Waals surface area contributed by atoms with Gasteiger partial charge < -0.3 is 0 Å². The molecule has 0 unspecified atom stereocenters. The zero-order chi connectivity index (χ0) is 14.0. The van der Waals surface area contributed by atoms with E-state index in [0.717, 1.165) is 0 Å². The van der Waals surface area contributed by atoms with Crippen molar-refractivity contribution < 1.29 is 8.42 Å². The first-order valence-electron chi connectivity index (χ1n) is 6.10. The van der Waals surface area contributed by atoms with E-state index in [2.05, 4.69) is 10.1 Å². The zero-order valence-corrected chi connectivity index (χ0v) is 11.7. The Kier molecular flexibility index (Phi) is 3.70. The molecule has 2 aromatic rings. The molecule has 7 nitrogen and oxygen atoms in total. The Morgan fingerprint density at radius 3 is 2.68 bits per heavy atom. The van der Waals surface area contributed by atoms with E-state index in [1.807, 2.05) is 6.92 Å². The number of fused-ring (bicyclic) bond motifs is 1. The van der Waals surface area contributed by atoms with E-state index in [9.17, 15) is 13.2 Å². The molecule has 0 amide bonds. The van der Waals surface area contributed by atoms with Crippen LogP contribution in [-0.4, -0.2) is 39.3 Å². The summed E-state index contributed by atoms with van der Waals surface area (Å²) in [6.07, 6.45) is 2.85. The van der Waals surface area contributed by atoms with E-state index in [-0.39, 0.29) is 23.6 Å². The SMILES string of the molecule is CCn1ncc2c(=O)n(CCS(=O)(=O)CC)cnc21. The predicted molar refractivity (Wildman–Crippen MR) is 71.8 cm³/mol. The molecule has 0 radical (unpaired) electrons. The van der Waals surface area contributed by atoms with E-state index in [4.69, 9.17) is 0 Å². The van der Waals surface area contributed by atoms with Crippen molar-refractivity contribution in [3.8, 4) is 0 Å². The summed E-state index contributed by atoms with van der Waals surface area (Å²) in [7, 11) is -3.10.